The first-order chi connectivity index (χ1) is 16.5. The summed E-state index contributed by atoms with van der Waals surface area (Å²) in [6, 6.07) is 10.2. The molecule has 0 bridgehead atoms. The lowest BCUT2D eigenvalue weighted by Crippen LogP contribution is -2.56. The maximum atomic E-state index is 13.5. The molecule has 0 spiro atoms. The van der Waals surface area contributed by atoms with Gasteiger partial charge in [-0.3, -0.25) is 14.5 Å². The number of carbonyl (C=O) groups excluding carboxylic acids is 2. The van der Waals surface area contributed by atoms with Gasteiger partial charge < -0.3 is 19.7 Å². The number of rotatable bonds is 5. The Hall–Kier alpha value is -2.48. The Morgan fingerprint density at radius 1 is 0.912 bits per heavy atom. The van der Waals surface area contributed by atoms with Gasteiger partial charge in [0.05, 0.1) is 16.1 Å². The van der Waals surface area contributed by atoms with Crippen LogP contribution in [0.3, 0.4) is 0 Å². The summed E-state index contributed by atoms with van der Waals surface area (Å²) in [5, 5.41) is 3.89. The Labute approximate surface area is 208 Å². The van der Waals surface area contributed by atoms with Gasteiger partial charge in [0, 0.05) is 43.5 Å². The molecule has 1 N–H and O–H groups in total. The molecule has 2 fully saturated rings. The van der Waals surface area contributed by atoms with Crippen molar-refractivity contribution in [2.75, 3.05) is 38.3 Å². The molecule has 5 rings (SSSR count). The van der Waals surface area contributed by atoms with Crippen LogP contribution in [0.2, 0.25) is 10.0 Å². The van der Waals surface area contributed by atoms with E-state index in [-0.39, 0.29) is 24.6 Å². The molecule has 0 radical (unpaired) electrons. The molecule has 0 aromatic heterocycles. The van der Waals surface area contributed by atoms with E-state index in [0.717, 1.165) is 25.7 Å². The fourth-order valence-corrected chi connectivity index (χ4v) is 5.45. The maximum Gasteiger partial charge on any atom is 0.253 e. The van der Waals surface area contributed by atoms with Crippen molar-refractivity contribution in [2.24, 2.45) is 5.92 Å². The average molecular weight is 504 g/mol. The fourth-order valence-electron chi connectivity index (χ4n) is 5.16. The first kappa shape index (κ1) is 23.3. The molecule has 2 aliphatic heterocycles. The number of hydrogen-bond acceptors (Lipinski definition) is 5. The molecule has 2 heterocycles. The van der Waals surface area contributed by atoms with Crippen LogP contribution in [0.4, 0.5) is 5.69 Å². The van der Waals surface area contributed by atoms with E-state index in [9.17, 15) is 9.59 Å². The summed E-state index contributed by atoms with van der Waals surface area (Å²) < 4.78 is 10.8. The van der Waals surface area contributed by atoms with E-state index in [1.54, 1.807) is 24.3 Å². The molecule has 9 heteroatoms. The quantitative estimate of drug-likeness (QED) is 0.641. The van der Waals surface area contributed by atoms with Crippen molar-refractivity contribution in [2.45, 2.75) is 31.7 Å². The van der Waals surface area contributed by atoms with Crippen molar-refractivity contribution in [3.05, 3.63) is 52.0 Å². The van der Waals surface area contributed by atoms with Gasteiger partial charge >= 0.3 is 0 Å². The number of nitrogens with zero attached hydrogens (tertiary/aromatic N) is 2. The number of carbonyl (C=O) groups is 2. The minimum atomic E-state index is -0.227. The average Bonchev–Trinajstić information content (AvgIpc) is 3.53. The number of anilines is 1. The van der Waals surface area contributed by atoms with Crippen LogP contribution in [0.5, 0.6) is 11.5 Å². The lowest BCUT2D eigenvalue weighted by molar-refractivity contribution is -0.123. The van der Waals surface area contributed by atoms with Crippen molar-refractivity contribution in [3.63, 3.8) is 0 Å². The highest BCUT2D eigenvalue weighted by Crippen LogP contribution is 2.35. The van der Waals surface area contributed by atoms with Gasteiger partial charge in [-0.15, -0.1) is 0 Å². The molecule has 1 atom stereocenters. The van der Waals surface area contributed by atoms with Crippen LogP contribution in [0, 0.1) is 5.92 Å². The molecule has 3 aliphatic rings. The van der Waals surface area contributed by atoms with E-state index in [2.05, 4.69) is 10.2 Å². The van der Waals surface area contributed by atoms with Crippen molar-refractivity contribution in [1.82, 2.24) is 9.80 Å². The Morgan fingerprint density at radius 3 is 2.38 bits per heavy atom. The minimum absolute atomic E-state index is 0.00461. The largest absolute Gasteiger partial charge is 0.454 e. The molecular weight excluding hydrogens is 477 g/mol. The molecule has 2 aromatic carbocycles. The van der Waals surface area contributed by atoms with Crippen LogP contribution in [-0.4, -0.2) is 60.6 Å². The Kier molecular flexibility index (Phi) is 6.86. The first-order valence-corrected chi connectivity index (χ1v) is 12.4. The number of piperazine rings is 1. The van der Waals surface area contributed by atoms with Crippen molar-refractivity contribution in [1.29, 1.82) is 0 Å². The summed E-state index contributed by atoms with van der Waals surface area (Å²) in [6.07, 6.45) is 4.38. The third kappa shape index (κ3) is 4.83. The van der Waals surface area contributed by atoms with E-state index in [1.807, 2.05) is 17.0 Å². The molecule has 1 unspecified atom stereocenters. The predicted octanol–water partition coefficient (Wildman–Crippen LogP) is 4.68. The summed E-state index contributed by atoms with van der Waals surface area (Å²) in [7, 11) is 0. The molecule has 34 heavy (non-hydrogen) atoms. The number of fused-ring (bicyclic) bond motifs is 1. The highest BCUT2D eigenvalue weighted by Gasteiger charge is 2.37. The molecule has 1 aliphatic carbocycles. The molecule has 7 nitrogen and oxygen atoms in total. The molecule has 180 valence electrons. The topological polar surface area (TPSA) is 71.1 Å². The van der Waals surface area contributed by atoms with Gasteiger partial charge in [0.2, 0.25) is 12.7 Å². The number of nitrogens with one attached hydrogen (secondary N) is 1. The van der Waals surface area contributed by atoms with Crippen molar-refractivity contribution < 1.29 is 19.1 Å². The molecule has 2 aromatic rings. The molecule has 2 amide bonds. The third-order valence-electron chi connectivity index (χ3n) is 6.92. The monoisotopic (exact) mass is 503 g/mol. The summed E-state index contributed by atoms with van der Waals surface area (Å²) in [6.45, 7) is 2.59. The van der Waals surface area contributed by atoms with E-state index in [1.165, 1.54) is 0 Å². The minimum Gasteiger partial charge on any atom is -0.454 e. The fraction of sp³-hybridized carbons (Fsp3) is 0.440. The number of halogens is 2. The molecule has 1 saturated carbocycles. The van der Waals surface area contributed by atoms with Gasteiger partial charge in [-0.25, -0.2) is 0 Å². The van der Waals surface area contributed by atoms with Crippen LogP contribution in [0.15, 0.2) is 36.4 Å². The van der Waals surface area contributed by atoms with E-state index in [0.29, 0.717) is 64.9 Å². The SMILES string of the molecule is O=C(Nc1ccc2c(c1)OCO2)C(C1CCCC1)N1CCN(C(=O)c2ccc(Cl)c(Cl)c2)CC1. The second-order valence-electron chi connectivity index (χ2n) is 9.00. The van der Waals surface area contributed by atoms with E-state index < -0.39 is 0 Å². The standard InChI is InChI=1S/C25H27Cl2N3O4/c26-19-7-5-17(13-20(19)27)25(32)30-11-9-29(10-12-30)23(16-3-1-2-4-16)24(31)28-18-6-8-21-22(14-18)34-15-33-21/h5-8,13-14,16,23H,1-4,9-12,15H2,(H,28,31). The van der Waals surface area contributed by atoms with Crippen LogP contribution >= 0.6 is 23.2 Å². The van der Waals surface area contributed by atoms with Gasteiger partial charge in [-0.05, 0) is 49.1 Å². The molecular formula is C25H27Cl2N3O4. The zero-order valence-corrected chi connectivity index (χ0v) is 20.3. The van der Waals surface area contributed by atoms with Crippen LogP contribution in [0.25, 0.3) is 0 Å². The number of ether oxygens (including phenoxy) is 2. The van der Waals surface area contributed by atoms with Gasteiger partial charge in [-0.2, -0.15) is 0 Å². The summed E-state index contributed by atoms with van der Waals surface area (Å²) in [4.78, 5) is 30.5. The Morgan fingerprint density at radius 2 is 1.65 bits per heavy atom. The van der Waals surface area contributed by atoms with E-state index in [4.69, 9.17) is 32.7 Å². The Bertz CT molecular complexity index is 1080. The first-order valence-electron chi connectivity index (χ1n) is 11.7. The summed E-state index contributed by atoms with van der Waals surface area (Å²) >= 11 is 12.1. The predicted molar refractivity (Wildman–Crippen MR) is 131 cm³/mol. The second-order valence-corrected chi connectivity index (χ2v) is 9.82. The number of hydrogen-bond donors (Lipinski definition) is 1. The number of amides is 2. The van der Waals surface area contributed by atoms with Crippen LogP contribution in [0.1, 0.15) is 36.0 Å². The Balaban J connectivity index is 1.26. The lowest BCUT2D eigenvalue weighted by Gasteiger charge is -2.40. The zero-order chi connectivity index (χ0) is 23.7. The third-order valence-corrected chi connectivity index (χ3v) is 7.66. The molecule has 1 saturated heterocycles. The van der Waals surface area contributed by atoms with E-state index >= 15 is 0 Å². The summed E-state index contributed by atoms with van der Waals surface area (Å²) in [5.41, 5.74) is 1.22. The van der Waals surface area contributed by atoms with Gasteiger partial charge in [0.25, 0.3) is 5.91 Å². The zero-order valence-electron chi connectivity index (χ0n) is 18.8. The lowest BCUT2D eigenvalue weighted by atomic mass is 9.94. The van der Waals surface area contributed by atoms with Crippen LogP contribution in [-0.2, 0) is 4.79 Å². The van der Waals surface area contributed by atoms with Gasteiger partial charge in [0.15, 0.2) is 11.5 Å². The van der Waals surface area contributed by atoms with Crippen LogP contribution < -0.4 is 14.8 Å². The van der Waals surface area contributed by atoms with Gasteiger partial charge in [0.1, 0.15) is 0 Å². The summed E-state index contributed by atoms with van der Waals surface area (Å²) in [5.74, 6) is 1.57. The van der Waals surface area contributed by atoms with Crippen molar-refractivity contribution in [3.8, 4) is 11.5 Å². The maximum absolute atomic E-state index is 13.5. The van der Waals surface area contributed by atoms with Crippen molar-refractivity contribution >= 4 is 40.7 Å². The van der Waals surface area contributed by atoms with Gasteiger partial charge in [-0.1, -0.05) is 36.0 Å². The highest BCUT2D eigenvalue weighted by atomic mass is 35.5. The second kappa shape index (κ2) is 10.0. The smallest absolute Gasteiger partial charge is 0.253 e. The number of benzene rings is 2. The normalized spacial score (nSPS) is 19.3. The highest BCUT2D eigenvalue weighted by molar-refractivity contribution is 6.42.